The number of imidazole rings is 1. The van der Waals surface area contributed by atoms with Gasteiger partial charge in [-0.2, -0.15) is 0 Å². The van der Waals surface area contributed by atoms with E-state index in [1.165, 1.54) is 0 Å². The van der Waals surface area contributed by atoms with E-state index < -0.39 is 0 Å². The molecule has 4 rings (SSSR count). The van der Waals surface area contributed by atoms with Crippen molar-refractivity contribution in [2.45, 2.75) is 0 Å². The molecule has 102 valence electrons. The number of pyridine rings is 1. The summed E-state index contributed by atoms with van der Waals surface area (Å²) in [6.07, 6.45) is 1.79. The molecule has 3 nitrogen and oxygen atoms in total. The molecule has 0 aliphatic carbocycles. The van der Waals surface area contributed by atoms with Crippen molar-refractivity contribution in [2.24, 2.45) is 0 Å². The van der Waals surface area contributed by atoms with E-state index in [1.54, 1.807) is 6.20 Å². The number of halogens is 1. The van der Waals surface area contributed by atoms with E-state index in [0.29, 0.717) is 9.79 Å². The van der Waals surface area contributed by atoms with Gasteiger partial charge in [0.2, 0.25) is 0 Å². The van der Waals surface area contributed by atoms with Gasteiger partial charge in [-0.15, -0.1) is 0 Å². The summed E-state index contributed by atoms with van der Waals surface area (Å²) in [5.41, 5.74) is 3.66. The quantitative estimate of drug-likeness (QED) is 0.508. The number of hydrogen-bond acceptors (Lipinski definition) is 2. The lowest BCUT2D eigenvalue weighted by molar-refractivity contribution is 1.07. The Hall–Kier alpha value is -2.17. The fraction of sp³-hybridized carbons (Fsp3) is 0. The van der Waals surface area contributed by atoms with Crippen molar-refractivity contribution in [1.29, 1.82) is 0 Å². The first-order valence-corrected chi connectivity index (χ1v) is 7.28. The number of hydrogen-bond donors (Lipinski definition) is 1. The number of nitrogens with one attached hydrogen (secondary N) is 1. The molecule has 2 aromatic carbocycles. The lowest BCUT2D eigenvalue weighted by Crippen LogP contribution is -1.96. The number of aromatic amines is 1. The summed E-state index contributed by atoms with van der Waals surface area (Å²) in [5, 5.41) is 1.74. The van der Waals surface area contributed by atoms with Gasteiger partial charge >= 0.3 is 0 Å². The van der Waals surface area contributed by atoms with Crippen molar-refractivity contribution in [1.82, 2.24) is 14.5 Å². The maximum absolute atomic E-state index is 6.24. The normalized spacial score (nSPS) is 11.3. The molecular formula is C16H10ClN3S. The summed E-state index contributed by atoms with van der Waals surface area (Å²) in [4.78, 5) is 7.67. The molecule has 0 spiro atoms. The van der Waals surface area contributed by atoms with Crippen molar-refractivity contribution >= 4 is 45.8 Å². The molecule has 2 heterocycles. The topological polar surface area (TPSA) is 33.6 Å². The van der Waals surface area contributed by atoms with E-state index in [9.17, 15) is 0 Å². The highest BCUT2D eigenvalue weighted by Gasteiger charge is 2.11. The van der Waals surface area contributed by atoms with Gasteiger partial charge in [-0.05, 0) is 36.5 Å². The summed E-state index contributed by atoms with van der Waals surface area (Å²) in [7, 11) is 0. The molecule has 0 aliphatic heterocycles. The van der Waals surface area contributed by atoms with Crippen molar-refractivity contribution in [3.05, 3.63) is 64.5 Å². The summed E-state index contributed by atoms with van der Waals surface area (Å²) < 4.78 is 2.59. The van der Waals surface area contributed by atoms with Crippen LogP contribution in [0.15, 0.2) is 54.7 Å². The smallest absolute Gasteiger partial charge is 0.182 e. The molecule has 0 unspecified atom stereocenters. The first-order valence-electron chi connectivity index (χ1n) is 6.49. The Labute approximate surface area is 130 Å². The lowest BCUT2D eigenvalue weighted by Gasteiger charge is -2.08. The Morgan fingerprint density at radius 2 is 1.86 bits per heavy atom. The van der Waals surface area contributed by atoms with Crippen LogP contribution in [-0.4, -0.2) is 14.5 Å². The van der Waals surface area contributed by atoms with E-state index >= 15 is 0 Å². The van der Waals surface area contributed by atoms with Gasteiger partial charge in [0.15, 0.2) is 4.77 Å². The lowest BCUT2D eigenvalue weighted by atomic mass is 10.2. The Morgan fingerprint density at radius 1 is 1.05 bits per heavy atom. The zero-order chi connectivity index (χ0) is 14.4. The van der Waals surface area contributed by atoms with Crippen LogP contribution in [-0.2, 0) is 0 Å². The van der Waals surface area contributed by atoms with Gasteiger partial charge in [0, 0.05) is 11.6 Å². The third-order valence-electron chi connectivity index (χ3n) is 3.52. The molecule has 0 aliphatic rings. The standard InChI is InChI=1S/C16H10ClN3S/c17-11-6-2-8-13-15(11)19-16(21)20(13)12-7-1-4-10-5-3-9-18-14(10)12/h1-9H,(H,19,21). The Kier molecular flexibility index (Phi) is 2.80. The number of aromatic nitrogens is 3. The van der Waals surface area contributed by atoms with Crippen LogP contribution in [0.4, 0.5) is 0 Å². The van der Waals surface area contributed by atoms with Gasteiger partial charge in [0.1, 0.15) is 0 Å². The van der Waals surface area contributed by atoms with Crippen LogP contribution in [0, 0.1) is 4.77 Å². The molecular weight excluding hydrogens is 302 g/mol. The van der Waals surface area contributed by atoms with Crippen LogP contribution >= 0.6 is 23.8 Å². The summed E-state index contributed by atoms with van der Waals surface area (Å²) in [6.45, 7) is 0. The van der Waals surface area contributed by atoms with E-state index in [0.717, 1.165) is 27.6 Å². The predicted octanol–water partition coefficient (Wildman–Crippen LogP) is 4.89. The molecule has 5 heteroatoms. The Morgan fingerprint density at radius 3 is 2.76 bits per heavy atom. The second-order valence-corrected chi connectivity index (χ2v) is 5.55. The van der Waals surface area contributed by atoms with E-state index in [-0.39, 0.29) is 0 Å². The SMILES string of the molecule is S=c1[nH]c2c(Cl)cccc2n1-c1cccc2cccnc12. The maximum atomic E-state index is 6.24. The maximum Gasteiger partial charge on any atom is 0.182 e. The summed E-state index contributed by atoms with van der Waals surface area (Å²) in [5.74, 6) is 0. The summed E-state index contributed by atoms with van der Waals surface area (Å²) in [6, 6.07) is 15.8. The first kappa shape index (κ1) is 12.6. The average molecular weight is 312 g/mol. The van der Waals surface area contributed by atoms with E-state index in [1.807, 2.05) is 53.1 Å². The van der Waals surface area contributed by atoms with Gasteiger partial charge in [0.05, 0.1) is 27.3 Å². The minimum absolute atomic E-state index is 0.608. The minimum atomic E-state index is 0.608. The molecule has 1 N–H and O–H groups in total. The van der Waals surface area contributed by atoms with Crippen LogP contribution in [0.25, 0.3) is 27.6 Å². The highest BCUT2D eigenvalue weighted by Crippen LogP contribution is 2.28. The minimum Gasteiger partial charge on any atom is -0.329 e. The van der Waals surface area contributed by atoms with Crippen molar-refractivity contribution in [2.75, 3.05) is 0 Å². The highest BCUT2D eigenvalue weighted by molar-refractivity contribution is 7.71. The fourth-order valence-corrected chi connectivity index (χ4v) is 3.12. The van der Waals surface area contributed by atoms with Gasteiger partial charge in [0.25, 0.3) is 0 Å². The van der Waals surface area contributed by atoms with Gasteiger partial charge in [-0.3, -0.25) is 9.55 Å². The van der Waals surface area contributed by atoms with Gasteiger partial charge in [-0.25, -0.2) is 0 Å². The third kappa shape index (κ3) is 1.87. The molecule has 0 bridgehead atoms. The average Bonchev–Trinajstić information content (AvgIpc) is 2.84. The Balaban J connectivity index is 2.17. The fourth-order valence-electron chi connectivity index (χ4n) is 2.60. The number of para-hydroxylation sites is 2. The zero-order valence-electron chi connectivity index (χ0n) is 10.9. The third-order valence-corrected chi connectivity index (χ3v) is 4.12. The summed E-state index contributed by atoms with van der Waals surface area (Å²) >= 11 is 11.7. The van der Waals surface area contributed by atoms with Gasteiger partial charge < -0.3 is 4.98 Å². The molecule has 4 aromatic rings. The molecule has 0 saturated carbocycles. The van der Waals surface area contributed by atoms with E-state index in [2.05, 4.69) is 9.97 Å². The number of fused-ring (bicyclic) bond motifs is 2. The molecule has 0 fully saturated rings. The van der Waals surface area contributed by atoms with Crippen LogP contribution in [0.1, 0.15) is 0 Å². The van der Waals surface area contributed by atoms with Crippen LogP contribution in [0.3, 0.4) is 0 Å². The molecule has 0 saturated heterocycles. The Bertz CT molecular complexity index is 1030. The number of H-pyrrole nitrogens is 1. The highest BCUT2D eigenvalue weighted by atomic mass is 35.5. The number of benzene rings is 2. The van der Waals surface area contributed by atoms with Crippen LogP contribution in [0.2, 0.25) is 5.02 Å². The first-order chi connectivity index (χ1) is 10.3. The molecule has 0 atom stereocenters. The largest absolute Gasteiger partial charge is 0.329 e. The molecule has 0 amide bonds. The predicted molar refractivity (Wildman–Crippen MR) is 88.8 cm³/mol. The van der Waals surface area contributed by atoms with Crippen LogP contribution in [0.5, 0.6) is 0 Å². The van der Waals surface area contributed by atoms with Crippen molar-refractivity contribution in [3.8, 4) is 5.69 Å². The van der Waals surface area contributed by atoms with Crippen molar-refractivity contribution in [3.63, 3.8) is 0 Å². The number of nitrogens with zero attached hydrogens (tertiary/aromatic N) is 2. The second kappa shape index (κ2) is 4.69. The van der Waals surface area contributed by atoms with Crippen LogP contribution < -0.4 is 0 Å². The number of rotatable bonds is 1. The molecule has 0 radical (unpaired) electrons. The zero-order valence-corrected chi connectivity index (χ0v) is 12.4. The monoisotopic (exact) mass is 311 g/mol. The molecule has 21 heavy (non-hydrogen) atoms. The van der Waals surface area contributed by atoms with Crippen molar-refractivity contribution < 1.29 is 0 Å². The second-order valence-electron chi connectivity index (χ2n) is 4.75. The van der Waals surface area contributed by atoms with E-state index in [4.69, 9.17) is 23.8 Å². The van der Waals surface area contributed by atoms with Gasteiger partial charge in [-0.1, -0.05) is 35.9 Å². The molecule has 2 aromatic heterocycles.